The first kappa shape index (κ1) is 22.0. The lowest BCUT2D eigenvalue weighted by atomic mass is 10.1. The molecule has 0 saturated carbocycles. The van der Waals surface area contributed by atoms with E-state index >= 15 is 0 Å². The van der Waals surface area contributed by atoms with Crippen LogP contribution in [0, 0.1) is 6.92 Å². The van der Waals surface area contributed by atoms with E-state index in [0.29, 0.717) is 11.4 Å². The Balaban J connectivity index is 1.33. The van der Waals surface area contributed by atoms with E-state index in [1.807, 2.05) is 85.8 Å². The summed E-state index contributed by atoms with van der Waals surface area (Å²) in [6.45, 7) is 2.44. The number of benzene rings is 3. The minimum absolute atomic E-state index is 0.115. The third kappa shape index (κ3) is 5.74. The van der Waals surface area contributed by atoms with E-state index in [4.69, 9.17) is 4.74 Å². The van der Waals surface area contributed by atoms with Gasteiger partial charge in [0.25, 0.3) is 11.5 Å². The summed E-state index contributed by atoms with van der Waals surface area (Å²) < 4.78 is 7.13. The molecule has 0 aliphatic carbocycles. The molecule has 0 atom stereocenters. The zero-order chi connectivity index (χ0) is 23.0. The highest BCUT2D eigenvalue weighted by Gasteiger charge is 2.09. The molecule has 166 valence electrons. The van der Waals surface area contributed by atoms with Crippen molar-refractivity contribution in [3.63, 3.8) is 0 Å². The highest BCUT2D eigenvalue weighted by atomic mass is 16.5. The maximum atomic E-state index is 12.3. The minimum atomic E-state index is -0.263. The molecule has 6 nitrogen and oxygen atoms in total. The van der Waals surface area contributed by atoms with Crippen molar-refractivity contribution in [2.24, 2.45) is 0 Å². The summed E-state index contributed by atoms with van der Waals surface area (Å²) in [7, 11) is 0. The van der Waals surface area contributed by atoms with Gasteiger partial charge in [0, 0.05) is 23.7 Å². The van der Waals surface area contributed by atoms with Gasteiger partial charge in [-0.3, -0.25) is 9.59 Å². The predicted molar refractivity (Wildman–Crippen MR) is 129 cm³/mol. The van der Waals surface area contributed by atoms with Crippen LogP contribution in [-0.2, 0) is 11.3 Å². The number of aryl methyl sites for hydroxylation is 1. The maximum Gasteiger partial charge on any atom is 0.266 e. The molecule has 3 aromatic carbocycles. The van der Waals surface area contributed by atoms with Crippen LogP contribution in [0.2, 0.25) is 0 Å². The van der Waals surface area contributed by atoms with Crippen molar-refractivity contribution < 1.29 is 9.53 Å². The average Bonchev–Trinajstić information content (AvgIpc) is 2.85. The van der Waals surface area contributed by atoms with Crippen molar-refractivity contribution in [3.8, 4) is 28.1 Å². The number of hydrogen-bond acceptors (Lipinski definition) is 4. The highest BCUT2D eigenvalue weighted by Crippen LogP contribution is 2.29. The lowest BCUT2D eigenvalue weighted by molar-refractivity contribution is -0.123. The predicted octanol–water partition coefficient (Wildman–Crippen LogP) is 4.08. The number of rotatable bonds is 8. The molecule has 0 aliphatic heterocycles. The molecule has 0 spiro atoms. The van der Waals surface area contributed by atoms with Crippen molar-refractivity contribution in [1.82, 2.24) is 15.1 Å². The fourth-order valence-electron chi connectivity index (χ4n) is 3.43. The molecule has 0 saturated heterocycles. The van der Waals surface area contributed by atoms with Crippen molar-refractivity contribution in [1.29, 1.82) is 0 Å². The largest absolute Gasteiger partial charge is 0.483 e. The Labute approximate surface area is 192 Å². The molecule has 4 rings (SSSR count). The van der Waals surface area contributed by atoms with E-state index in [0.717, 1.165) is 22.3 Å². The monoisotopic (exact) mass is 439 g/mol. The van der Waals surface area contributed by atoms with Gasteiger partial charge in [0.1, 0.15) is 5.75 Å². The molecule has 0 unspecified atom stereocenters. The van der Waals surface area contributed by atoms with Crippen LogP contribution in [0.25, 0.3) is 22.4 Å². The number of hydrogen-bond donors (Lipinski definition) is 1. The second kappa shape index (κ2) is 10.4. The Morgan fingerprint density at radius 3 is 2.39 bits per heavy atom. The van der Waals surface area contributed by atoms with Crippen molar-refractivity contribution in [2.75, 3.05) is 13.2 Å². The Kier molecular flexibility index (Phi) is 6.95. The standard InChI is InChI=1S/C27H25N3O3/c1-20-11-13-22(14-12-20)24-15-16-27(32)30(29-24)18-17-28-26(31)19-33-25-10-6-5-9-23(25)21-7-3-2-4-8-21/h2-16H,17-19H2,1H3,(H,28,31). The van der Waals surface area contributed by atoms with Gasteiger partial charge in [0.2, 0.25) is 0 Å². The number of carbonyl (C=O) groups is 1. The molecule has 0 radical (unpaired) electrons. The summed E-state index contributed by atoms with van der Waals surface area (Å²) in [6.07, 6.45) is 0. The molecule has 1 aromatic heterocycles. The second-order valence-electron chi connectivity index (χ2n) is 7.65. The molecule has 6 heteroatoms. The first-order valence-corrected chi connectivity index (χ1v) is 10.8. The number of amides is 1. The quantitative estimate of drug-likeness (QED) is 0.449. The number of ether oxygens (including phenoxy) is 1. The van der Waals surface area contributed by atoms with Crippen molar-refractivity contribution >= 4 is 5.91 Å². The van der Waals surface area contributed by atoms with E-state index in [-0.39, 0.29) is 31.2 Å². The fourth-order valence-corrected chi connectivity index (χ4v) is 3.43. The van der Waals surface area contributed by atoms with Crippen LogP contribution in [-0.4, -0.2) is 28.8 Å². The molecular weight excluding hydrogens is 414 g/mol. The lowest BCUT2D eigenvalue weighted by Gasteiger charge is -2.12. The Morgan fingerprint density at radius 2 is 1.61 bits per heavy atom. The van der Waals surface area contributed by atoms with Crippen LogP contribution in [0.15, 0.2) is 95.8 Å². The summed E-state index contributed by atoms with van der Waals surface area (Å²) in [5.74, 6) is 0.378. The molecule has 4 aromatic rings. The number of para-hydroxylation sites is 1. The van der Waals surface area contributed by atoms with Gasteiger partial charge < -0.3 is 10.1 Å². The van der Waals surface area contributed by atoms with Crippen molar-refractivity contribution in [2.45, 2.75) is 13.5 Å². The number of nitrogens with zero attached hydrogens (tertiary/aromatic N) is 2. The summed E-state index contributed by atoms with van der Waals surface area (Å²) in [6, 6.07) is 28.6. The topological polar surface area (TPSA) is 73.2 Å². The van der Waals surface area contributed by atoms with Gasteiger partial charge in [-0.2, -0.15) is 5.10 Å². The van der Waals surface area contributed by atoms with Crippen LogP contribution in [0.3, 0.4) is 0 Å². The summed E-state index contributed by atoms with van der Waals surface area (Å²) >= 11 is 0. The van der Waals surface area contributed by atoms with Gasteiger partial charge >= 0.3 is 0 Å². The SMILES string of the molecule is Cc1ccc(-c2ccc(=O)n(CCNC(=O)COc3ccccc3-c3ccccc3)n2)cc1. The first-order chi connectivity index (χ1) is 16.1. The van der Waals surface area contributed by atoms with Crippen LogP contribution < -0.4 is 15.6 Å². The number of aromatic nitrogens is 2. The van der Waals surface area contributed by atoms with E-state index < -0.39 is 0 Å². The molecule has 1 N–H and O–H groups in total. The molecule has 33 heavy (non-hydrogen) atoms. The molecule has 0 fully saturated rings. The van der Waals surface area contributed by atoms with E-state index in [9.17, 15) is 9.59 Å². The van der Waals surface area contributed by atoms with Crippen LogP contribution >= 0.6 is 0 Å². The molecule has 1 heterocycles. The van der Waals surface area contributed by atoms with Crippen LogP contribution in [0.1, 0.15) is 5.56 Å². The van der Waals surface area contributed by atoms with Crippen molar-refractivity contribution in [3.05, 3.63) is 107 Å². The van der Waals surface area contributed by atoms with Gasteiger partial charge in [0.05, 0.1) is 12.2 Å². The summed E-state index contributed by atoms with van der Waals surface area (Å²) in [5.41, 5.74) is 4.53. The molecule has 1 amide bonds. The van der Waals surface area contributed by atoms with Crippen LogP contribution in [0.4, 0.5) is 0 Å². The van der Waals surface area contributed by atoms with Gasteiger partial charge in [-0.25, -0.2) is 4.68 Å². The van der Waals surface area contributed by atoms with Gasteiger partial charge in [-0.05, 0) is 24.6 Å². The normalized spacial score (nSPS) is 10.6. The highest BCUT2D eigenvalue weighted by molar-refractivity contribution is 5.78. The summed E-state index contributed by atoms with van der Waals surface area (Å²) in [5, 5.41) is 7.22. The third-order valence-corrected chi connectivity index (χ3v) is 5.19. The maximum absolute atomic E-state index is 12.3. The van der Waals surface area contributed by atoms with E-state index in [2.05, 4.69) is 10.4 Å². The Bertz CT molecular complexity index is 1280. The first-order valence-electron chi connectivity index (χ1n) is 10.8. The van der Waals surface area contributed by atoms with Crippen LogP contribution in [0.5, 0.6) is 5.75 Å². The number of nitrogens with one attached hydrogen (secondary N) is 1. The van der Waals surface area contributed by atoms with Gasteiger partial charge in [-0.1, -0.05) is 78.4 Å². The number of carbonyl (C=O) groups excluding carboxylic acids is 1. The zero-order valence-corrected chi connectivity index (χ0v) is 18.4. The lowest BCUT2D eigenvalue weighted by Crippen LogP contribution is -2.34. The third-order valence-electron chi connectivity index (χ3n) is 5.19. The van der Waals surface area contributed by atoms with E-state index in [1.165, 1.54) is 10.7 Å². The average molecular weight is 440 g/mol. The second-order valence-corrected chi connectivity index (χ2v) is 7.65. The van der Waals surface area contributed by atoms with Gasteiger partial charge in [0.15, 0.2) is 6.61 Å². The Hall–Kier alpha value is -4.19. The minimum Gasteiger partial charge on any atom is -0.483 e. The molecular formula is C27H25N3O3. The molecule has 0 aliphatic rings. The smallest absolute Gasteiger partial charge is 0.266 e. The van der Waals surface area contributed by atoms with Gasteiger partial charge in [-0.15, -0.1) is 0 Å². The zero-order valence-electron chi connectivity index (χ0n) is 18.4. The Morgan fingerprint density at radius 1 is 0.879 bits per heavy atom. The molecule has 0 bridgehead atoms. The fraction of sp³-hybridized carbons (Fsp3) is 0.148. The summed E-state index contributed by atoms with van der Waals surface area (Å²) in [4.78, 5) is 24.5. The van der Waals surface area contributed by atoms with E-state index in [1.54, 1.807) is 6.07 Å².